The summed E-state index contributed by atoms with van der Waals surface area (Å²) in [6.45, 7) is 14.1. The maximum Gasteiger partial charge on any atom is 0.324 e. The Morgan fingerprint density at radius 2 is 1.50 bits per heavy atom. The van der Waals surface area contributed by atoms with Crippen LogP contribution in [-0.4, -0.2) is 39.7 Å². The quantitative estimate of drug-likeness (QED) is 0.231. The number of benzene rings is 3. The molecule has 7 heteroatoms. The Labute approximate surface area is 261 Å². The van der Waals surface area contributed by atoms with Crippen LogP contribution in [0, 0.1) is 26.7 Å². The molecule has 44 heavy (non-hydrogen) atoms. The lowest BCUT2D eigenvalue weighted by Gasteiger charge is -2.32. The van der Waals surface area contributed by atoms with E-state index in [2.05, 4.69) is 69.5 Å². The third-order valence-corrected chi connectivity index (χ3v) is 8.38. The molecule has 2 heterocycles. The van der Waals surface area contributed by atoms with Crippen molar-refractivity contribution in [2.24, 2.45) is 5.92 Å². The molecule has 0 aliphatic carbocycles. The zero-order valence-corrected chi connectivity index (χ0v) is 26.9. The van der Waals surface area contributed by atoms with Crippen molar-refractivity contribution in [3.8, 4) is 5.69 Å². The molecule has 0 bridgehead atoms. The maximum absolute atomic E-state index is 13.3. The van der Waals surface area contributed by atoms with Crippen LogP contribution in [0.4, 0.5) is 16.3 Å². The van der Waals surface area contributed by atoms with Gasteiger partial charge in [-0.25, -0.2) is 9.48 Å². The summed E-state index contributed by atoms with van der Waals surface area (Å²) in [5.41, 5.74) is 8.15. The Morgan fingerprint density at radius 3 is 2.16 bits per heavy atom. The van der Waals surface area contributed by atoms with E-state index in [4.69, 9.17) is 5.10 Å². The van der Waals surface area contributed by atoms with Gasteiger partial charge in [0.05, 0.1) is 17.8 Å². The van der Waals surface area contributed by atoms with Crippen LogP contribution in [-0.2, 0) is 23.1 Å². The van der Waals surface area contributed by atoms with Crippen molar-refractivity contribution in [1.82, 2.24) is 14.7 Å². The zero-order chi connectivity index (χ0) is 31.4. The number of amides is 3. The number of likely N-dealkylation sites (tertiary alicyclic amines) is 1. The highest BCUT2D eigenvalue weighted by Crippen LogP contribution is 2.28. The second-order valence-electron chi connectivity index (χ2n) is 13.3. The second kappa shape index (κ2) is 13.1. The van der Waals surface area contributed by atoms with Crippen molar-refractivity contribution in [1.29, 1.82) is 0 Å². The Kier molecular flexibility index (Phi) is 9.23. The predicted molar refractivity (Wildman–Crippen MR) is 179 cm³/mol. The third kappa shape index (κ3) is 7.76. The number of nitrogens with zero attached hydrogens (tertiary/aromatic N) is 3. The van der Waals surface area contributed by atoms with Gasteiger partial charge in [-0.05, 0) is 75.3 Å². The van der Waals surface area contributed by atoms with E-state index >= 15 is 0 Å². The Morgan fingerprint density at radius 1 is 0.841 bits per heavy atom. The van der Waals surface area contributed by atoms with Crippen molar-refractivity contribution in [3.63, 3.8) is 0 Å². The summed E-state index contributed by atoms with van der Waals surface area (Å²) < 4.78 is 1.79. The average molecular weight is 592 g/mol. The lowest BCUT2D eigenvalue weighted by atomic mass is 9.89. The molecule has 0 spiro atoms. The highest BCUT2D eigenvalue weighted by atomic mass is 16.2. The lowest BCUT2D eigenvalue weighted by molar-refractivity contribution is -0.131. The normalized spacial score (nSPS) is 14.0. The molecular formula is C37H45N5O2. The van der Waals surface area contributed by atoms with Crippen LogP contribution in [0.5, 0.6) is 0 Å². The molecule has 5 rings (SSSR count). The molecule has 1 aromatic heterocycles. The van der Waals surface area contributed by atoms with E-state index in [1.165, 1.54) is 11.1 Å². The largest absolute Gasteiger partial charge is 0.342 e. The van der Waals surface area contributed by atoms with Crippen LogP contribution in [0.25, 0.3) is 5.69 Å². The topological polar surface area (TPSA) is 79.3 Å². The van der Waals surface area contributed by atoms with Gasteiger partial charge in [0.25, 0.3) is 0 Å². The molecule has 4 aromatic rings. The molecule has 3 aromatic carbocycles. The van der Waals surface area contributed by atoms with Gasteiger partial charge in [-0.1, -0.05) is 86.0 Å². The molecule has 3 amide bonds. The SMILES string of the molecule is Cc1ccc(-n2nc(C(C)(C)C)cc2NC(=O)Nc2ccccc2CC2CCN(C(=O)Cc3cc(C)cc(C)c3)CC2)cc1. The fraction of sp³-hybridized carbons (Fsp3) is 0.378. The molecule has 0 atom stereocenters. The summed E-state index contributed by atoms with van der Waals surface area (Å²) >= 11 is 0. The standard InChI is InChI=1S/C37H45N5O2/c1-25-11-13-31(14-12-25)42-34(24-33(40-42)37(4,5)6)39-36(44)38-32-10-8-7-9-30(32)22-28-15-17-41(18-16-28)35(43)23-29-20-26(2)19-27(3)21-29/h7-14,19-21,24,28H,15-18,22-23H2,1-6H3,(H2,38,39,44). The summed E-state index contributed by atoms with van der Waals surface area (Å²) in [7, 11) is 0. The summed E-state index contributed by atoms with van der Waals surface area (Å²) in [5, 5.41) is 11.0. The molecular weight excluding hydrogens is 546 g/mol. The van der Waals surface area contributed by atoms with Gasteiger partial charge in [0.15, 0.2) is 0 Å². The van der Waals surface area contributed by atoms with E-state index < -0.39 is 0 Å². The van der Waals surface area contributed by atoms with Crippen LogP contribution >= 0.6 is 0 Å². The van der Waals surface area contributed by atoms with Crippen molar-refractivity contribution in [2.45, 2.75) is 72.6 Å². The van der Waals surface area contributed by atoms with Gasteiger partial charge < -0.3 is 10.2 Å². The minimum Gasteiger partial charge on any atom is -0.342 e. The molecule has 1 aliphatic rings. The van der Waals surface area contributed by atoms with E-state index in [1.807, 2.05) is 60.4 Å². The van der Waals surface area contributed by atoms with Crippen molar-refractivity contribution in [3.05, 3.63) is 106 Å². The molecule has 230 valence electrons. The number of rotatable bonds is 7. The first-order valence-corrected chi connectivity index (χ1v) is 15.6. The Hall–Kier alpha value is -4.39. The molecule has 7 nitrogen and oxygen atoms in total. The van der Waals surface area contributed by atoms with Crippen LogP contribution in [0.15, 0.2) is 72.8 Å². The molecule has 0 saturated carbocycles. The lowest BCUT2D eigenvalue weighted by Crippen LogP contribution is -2.39. The molecule has 0 radical (unpaired) electrons. The van der Waals surface area contributed by atoms with Crippen LogP contribution in [0.2, 0.25) is 0 Å². The van der Waals surface area contributed by atoms with Gasteiger partial charge in [-0.2, -0.15) is 5.10 Å². The number of aromatic nitrogens is 2. The third-order valence-electron chi connectivity index (χ3n) is 8.38. The summed E-state index contributed by atoms with van der Waals surface area (Å²) in [5.74, 6) is 1.27. The van der Waals surface area contributed by atoms with Gasteiger partial charge in [0, 0.05) is 30.3 Å². The van der Waals surface area contributed by atoms with Crippen molar-refractivity contribution in [2.75, 3.05) is 23.7 Å². The Balaban J connectivity index is 1.21. The van der Waals surface area contributed by atoms with Crippen LogP contribution in [0.1, 0.15) is 67.1 Å². The highest BCUT2D eigenvalue weighted by molar-refractivity contribution is 6.00. The number of para-hydroxylation sites is 1. The highest BCUT2D eigenvalue weighted by Gasteiger charge is 2.25. The smallest absolute Gasteiger partial charge is 0.324 e. The number of urea groups is 1. The number of anilines is 2. The van der Waals surface area contributed by atoms with Crippen LogP contribution in [0.3, 0.4) is 0 Å². The van der Waals surface area contributed by atoms with E-state index in [0.717, 1.165) is 66.1 Å². The van der Waals surface area contributed by atoms with Crippen molar-refractivity contribution >= 4 is 23.4 Å². The molecule has 1 aliphatic heterocycles. The van der Waals surface area contributed by atoms with E-state index in [9.17, 15) is 9.59 Å². The molecule has 2 N–H and O–H groups in total. The summed E-state index contributed by atoms with van der Waals surface area (Å²) in [4.78, 5) is 28.4. The predicted octanol–water partition coefficient (Wildman–Crippen LogP) is 7.76. The zero-order valence-electron chi connectivity index (χ0n) is 26.9. The monoisotopic (exact) mass is 591 g/mol. The number of aryl methyl sites for hydroxylation is 3. The first kappa shape index (κ1) is 31.0. The van der Waals surface area contributed by atoms with Gasteiger partial charge in [-0.15, -0.1) is 0 Å². The van der Waals surface area contributed by atoms with E-state index in [0.29, 0.717) is 18.2 Å². The van der Waals surface area contributed by atoms with Gasteiger partial charge in [0.2, 0.25) is 5.91 Å². The number of carbonyl (C=O) groups is 2. The fourth-order valence-corrected chi connectivity index (χ4v) is 5.96. The molecule has 0 unspecified atom stereocenters. The minimum atomic E-state index is -0.307. The number of hydrogen-bond donors (Lipinski definition) is 2. The number of hydrogen-bond acceptors (Lipinski definition) is 3. The van der Waals surface area contributed by atoms with Crippen LogP contribution < -0.4 is 10.6 Å². The minimum absolute atomic E-state index is 0.171. The second-order valence-corrected chi connectivity index (χ2v) is 13.3. The van der Waals surface area contributed by atoms with E-state index in [-0.39, 0.29) is 17.4 Å². The van der Waals surface area contributed by atoms with E-state index in [1.54, 1.807) is 4.68 Å². The van der Waals surface area contributed by atoms with Gasteiger partial charge >= 0.3 is 6.03 Å². The fourth-order valence-electron chi connectivity index (χ4n) is 5.96. The first-order valence-electron chi connectivity index (χ1n) is 15.6. The number of carbonyl (C=O) groups excluding carboxylic acids is 2. The average Bonchev–Trinajstić information content (AvgIpc) is 3.38. The number of piperidine rings is 1. The molecule has 1 fully saturated rings. The summed E-state index contributed by atoms with van der Waals surface area (Å²) in [6.07, 6.45) is 3.20. The summed E-state index contributed by atoms with van der Waals surface area (Å²) in [6, 6.07) is 24.1. The van der Waals surface area contributed by atoms with Gasteiger partial charge in [-0.3, -0.25) is 10.1 Å². The Bertz CT molecular complexity index is 1600. The first-order chi connectivity index (χ1) is 20.9. The van der Waals surface area contributed by atoms with Crippen molar-refractivity contribution < 1.29 is 9.59 Å². The molecule has 1 saturated heterocycles. The number of nitrogens with one attached hydrogen (secondary N) is 2. The maximum atomic E-state index is 13.3. The van der Waals surface area contributed by atoms with Gasteiger partial charge in [0.1, 0.15) is 5.82 Å².